The Kier molecular flexibility index (Phi) is 5.15. The van der Waals surface area contributed by atoms with Gasteiger partial charge in [0.15, 0.2) is 0 Å². The number of sulfonamides is 1. The maximum atomic E-state index is 11.4. The number of ether oxygens (including phenoxy) is 1. The van der Waals surface area contributed by atoms with Crippen LogP contribution in [-0.4, -0.2) is 40.7 Å². The molecule has 1 fully saturated rings. The SMILES string of the molecule is NS(=O)(=O)c1ncc(Nc2ncc3cccc(OC4CCC(O)CC4)c3n2)s1. The lowest BCUT2D eigenvalue weighted by Crippen LogP contribution is -2.26. The zero-order chi connectivity index (χ0) is 19.7. The second kappa shape index (κ2) is 7.59. The summed E-state index contributed by atoms with van der Waals surface area (Å²) in [4.78, 5) is 12.6. The number of hydrogen-bond acceptors (Lipinski definition) is 9. The van der Waals surface area contributed by atoms with Gasteiger partial charge in [0, 0.05) is 11.6 Å². The number of nitrogens with zero attached hydrogens (tertiary/aromatic N) is 3. The fourth-order valence-corrected chi connectivity index (χ4v) is 4.56. The number of thiazole rings is 1. The third-order valence-electron chi connectivity index (χ3n) is 4.47. The van der Waals surface area contributed by atoms with Crippen molar-refractivity contribution in [2.75, 3.05) is 5.32 Å². The molecule has 1 aromatic carbocycles. The molecule has 0 amide bonds. The van der Waals surface area contributed by atoms with Gasteiger partial charge in [0.25, 0.3) is 10.0 Å². The minimum Gasteiger partial charge on any atom is -0.488 e. The summed E-state index contributed by atoms with van der Waals surface area (Å²) in [7, 11) is -3.85. The van der Waals surface area contributed by atoms with Gasteiger partial charge in [0.2, 0.25) is 10.3 Å². The van der Waals surface area contributed by atoms with Crippen LogP contribution in [-0.2, 0) is 10.0 Å². The smallest absolute Gasteiger partial charge is 0.265 e. The number of benzene rings is 1. The highest BCUT2D eigenvalue weighted by atomic mass is 32.2. The van der Waals surface area contributed by atoms with Gasteiger partial charge in [-0.15, -0.1) is 0 Å². The van der Waals surface area contributed by atoms with Crippen molar-refractivity contribution in [1.82, 2.24) is 15.0 Å². The molecule has 2 aromatic heterocycles. The maximum absolute atomic E-state index is 11.4. The summed E-state index contributed by atoms with van der Waals surface area (Å²) < 4.78 is 28.7. The summed E-state index contributed by atoms with van der Waals surface area (Å²) in [5.41, 5.74) is 0.655. The van der Waals surface area contributed by atoms with Crippen molar-refractivity contribution in [1.29, 1.82) is 0 Å². The van der Waals surface area contributed by atoms with Crippen LogP contribution in [0.1, 0.15) is 25.7 Å². The lowest BCUT2D eigenvalue weighted by Gasteiger charge is -2.26. The fraction of sp³-hybridized carbons (Fsp3) is 0.353. The number of aliphatic hydroxyl groups is 1. The van der Waals surface area contributed by atoms with Gasteiger partial charge in [-0.2, -0.15) is 0 Å². The Morgan fingerprint density at radius 2 is 1.96 bits per heavy atom. The number of aliphatic hydroxyl groups excluding tert-OH is 1. The third-order valence-corrected chi connectivity index (χ3v) is 6.72. The molecule has 0 bridgehead atoms. The Labute approximate surface area is 165 Å². The van der Waals surface area contributed by atoms with Gasteiger partial charge in [-0.3, -0.25) is 0 Å². The van der Waals surface area contributed by atoms with E-state index >= 15 is 0 Å². The Hall–Kier alpha value is -2.34. The molecule has 0 saturated heterocycles. The molecule has 0 atom stereocenters. The predicted molar refractivity (Wildman–Crippen MR) is 105 cm³/mol. The number of primary sulfonamides is 1. The van der Waals surface area contributed by atoms with Crippen LogP contribution in [0.5, 0.6) is 5.75 Å². The Morgan fingerprint density at radius 1 is 1.18 bits per heavy atom. The topological polar surface area (TPSA) is 140 Å². The van der Waals surface area contributed by atoms with Gasteiger partial charge in [-0.25, -0.2) is 28.5 Å². The summed E-state index contributed by atoms with van der Waals surface area (Å²) in [6, 6.07) is 5.63. The van der Waals surface area contributed by atoms with Gasteiger partial charge in [-0.05, 0) is 31.7 Å². The zero-order valence-electron chi connectivity index (χ0n) is 14.8. The van der Waals surface area contributed by atoms with Crippen molar-refractivity contribution in [2.24, 2.45) is 5.14 Å². The van der Waals surface area contributed by atoms with Gasteiger partial charge >= 0.3 is 0 Å². The molecule has 2 heterocycles. The first-order valence-electron chi connectivity index (χ1n) is 8.74. The average Bonchev–Trinajstić information content (AvgIpc) is 3.13. The molecule has 3 aromatic rings. The van der Waals surface area contributed by atoms with E-state index in [1.54, 1.807) is 6.20 Å². The molecular weight excluding hydrogens is 402 g/mol. The second-order valence-electron chi connectivity index (χ2n) is 6.60. The van der Waals surface area contributed by atoms with Crippen LogP contribution in [0.15, 0.2) is 34.9 Å². The van der Waals surface area contributed by atoms with E-state index in [1.165, 1.54) is 6.20 Å². The molecule has 0 unspecified atom stereocenters. The summed E-state index contributed by atoms with van der Waals surface area (Å²) in [6.07, 6.45) is 5.89. The van der Waals surface area contributed by atoms with Crippen LogP contribution in [0.25, 0.3) is 10.9 Å². The minimum atomic E-state index is -3.85. The molecule has 4 N–H and O–H groups in total. The number of fused-ring (bicyclic) bond motifs is 1. The van der Waals surface area contributed by atoms with E-state index in [9.17, 15) is 13.5 Å². The van der Waals surface area contributed by atoms with E-state index in [4.69, 9.17) is 9.88 Å². The molecular formula is C17H19N5O4S2. The second-order valence-corrected chi connectivity index (χ2v) is 9.36. The highest BCUT2D eigenvalue weighted by Gasteiger charge is 2.21. The summed E-state index contributed by atoms with van der Waals surface area (Å²) in [5, 5.41) is 19.0. The Morgan fingerprint density at radius 3 is 2.68 bits per heavy atom. The third kappa shape index (κ3) is 4.22. The molecule has 28 heavy (non-hydrogen) atoms. The highest BCUT2D eigenvalue weighted by Crippen LogP contribution is 2.30. The van der Waals surface area contributed by atoms with E-state index in [2.05, 4.69) is 20.3 Å². The molecule has 1 aliphatic carbocycles. The summed E-state index contributed by atoms with van der Waals surface area (Å²) >= 11 is 0.903. The number of anilines is 2. The predicted octanol–water partition coefficient (Wildman–Crippen LogP) is 2.16. The molecule has 11 heteroatoms. The van der Waals surface area contributed by atoms with Crippen molar-refractivity contribution >= 4 is 43.2 Å². The van der Waals surface area contributed by atoms with Crippen molar-refractivity contribution < 1.29 is 18.3 Å². The van der Waals surface area contributed by atoms with E-state index in [-0.39, 0.29) is 16.5 Å². The molecule has 1 aliphatic rings. The van der Waals surface area contributed by atoms with Crippen LogP contribution < -0.4 is 15.2 Å². The largest absolute Gasteiger partial charge is 0.488 e. The first kappa shape index (κ1) is 19.0. The summed E-state index contributed by atoms with van der Waals surface area (Å²) in [5.74, 6) is 0.950. The first-order valence-corrected chi connectivity index (χ1v) is 11.1. The molecule has 148 valence electrons. The Balaban J connectivity index is 1.58. The standard InChI is InChI=1S/C17H19N5O4S2/c18-28(24,25)17-20-9-14(27-17)21-16-19-8-10-2-1-3-13(15(10)22-16)26-12-6-4-11(23)5-7-12/h1-3,8-9,11-12,23H,4-7H2,(H2,18,24,25)(H,19,21,22). The minimum absolute atomic E-state index is 0.0409. The Bertz CT molecular complexity index is 1090. The number of hydrogen-bond donors (Lipinski definition) is 3. The van der Waals surface area contributed by atoms with E-state index in [0.29, 0.717) is 22.2 Å². The van der Waals surface area contributed by atoms with Crippen molar-refractivity contribution in [3.63, 3.8) is 0 Å². The normalized spacial score (nSPS) is 20.2. The van der Waals surface area contributed by atoms with E-state index in [1.807, 2.05) is 18.2 Å². The van der Waals surface area contributed by atoms with Gasteiger partial charge < -0.3 is 15.2 Å². The van der Waals surface area contributed by atoms with Crippen LogP contribution >= 0.6 is 11.3 Å². The van der Waals surface area contributed by atoms with Crippen LogP contribution in [0, 0.1) is 0 Å². The van der Waals surface area contributed by atoms with Crippen LogP contribution in [0.2, 0.25) is 0 Å². The molecule has 9 nitrogen and oxygen atoms in total. The highest BCUT2D eigenvalue weighted by molar-refractivity contribution is 7.91. The van der Waals surface area contributed by atoms with Gasteiger partial charge in [0.1, 0.15) is 16.3 Å². The quantitative estimate of drug-likeness (QED) is 0.569. The lowest BCUT2D eigenvalue weighted by molar-refractivity contribution is 0.0672. The van der Waals surface area contributed by atoms with Gasteiger partial charge in [-0.1, -0.05) is 23.5 Å². The zero-order valence-corrected chi connectivity index (χ0v) is 16.4. The molecule has 0 radical (unpaired) electrons. The molecule has 1 saturated carbocycles. The number of nitrogens with one attached hydrogen (secondary N) is 1. The van der Waals surface area contributed by atoms with Crippen molar-refractivity contribution in [3.8, 4) is 5.75 Å². The lowest BCUT2D eigenvalue weighted by atomic mass is 9.95. The first-order chi connectivity index (χ1) is 13.4. The maximum Gasteiger partial charge on any atom is 0.265 e. The number of rotatable bonds is 5. The van der Waals surface area contributed by atoms with Crippen LogP contribution in [0.3, 0.4) is 0 Å². The number of nitrogens with two attached hydrogens (primary N) is 1. The fourth-order valence-electron chi connectivity index (χ4n) is 3.08. The van der Waals surface area contributed by atoms with Crippen LogP contribution in [0.4, 0.5) is 10.9 Å². The summed E-state index contributed by atoms with van der Waals surface area (Å²) in [6.45, 7) is 0. The van der Waals surface area contributed by atoms with Crippen molar-refractivity contribution in [3.05, 3.63) is 30.6 Å². The van der Waals surface area contributed by atoms with E-state index in [0.717, 1.165) is 42.4 Å². The van der Waals surface area contributed by atoms with Crippen molar-refractivity contribution in [2.45, 2.75) is 42.2 Å². The average molecular weight is 422 g/mol. The monoisotopic (exact) mass is 421 g/mol. The number of para-hydroxylation sites is 1. The number of aromatic nitrogens is 3. The molecule has 0 aliphatic heterocycles. The van der Waals surface area contributed by atoms with Gasteiger partial charge in [0.05, 0.1) is 18.4 Å². The molecule has 0 spiro atoms. The molecule has 4 rings (SSSR count). The van der Waals surface area contributed by atoms with E-state index < -0.39 is 10.0 Å².